The van der Waals surface area contributed by atoms with Crippen molar-refractivity contribution in [1.29, 1.82) is 0 Å². The Bertz CT molecular complexity index is 159. The van der Waals surface area contributed by atoms with Gasteiger partial charge in [-0.05, 0) is 17.4 Å². The van der Waals surface area contributed by atoms with Crippen LogP contribution in [0.1, 0.15) is 6.92 Å². The first-order valence-corrected chi connectivity index (χ1v) is 2.68. The third-order valence-corrected chi connectivity index (χ3v) is 0.843. The van der Waals surface area contributed by atoms with Gasteiger partial charge >= 0.3 is 0 Å². The summed E-state index contributed by atoms with van der Waals surface area (Å²) in [5.41, 5.74) is 0. The molecule has 1 aromatic heterocycles. The highest BCUT2D eigenvalue weighted by atomic mass is 16.3. The predicted octanol–water partition coefficient (Wildman–Crippen LogP) is -0.946. The average Bonchev–Trinajstić information content (AvgIpc) is 2.15. The molecule has 0 fully saturated rings. The topological polar surface area (TPSA) is 63.8 Å². The van der Waals surface area contributed by atoms with Crippen LogP contribution in [0.3, 0.4) is 0 Å². The van der Waals surface area contributed by atoms with E-state index >= 15 is 0 Å². The van der Waals surface area contributed by atoms with Gasteiger partial charge < -0.3 is 5.11 Å². The van der Waals surface area contributed by atoms with Gasteiger partial charge in [-0.3, -0.25) is 0 Å². The summed E-state index contributed by atoms with van der Waals surface area (Å²) in [5, 5.41) is 19.2. The molecule has 0 unspecified atom stereocenters. The zero-order valence-electron chi connectivity index (χ0n) is 5.10. The van der Waals surface area contributed by atoms with Gasteiger partial charge in [0.15, 0.2) is 0 Å². The van der Waals surface area contributed by atoms with Crippen LogP contribution in [-0.2, 0) is 6.54 Å². The van der Waals surface area contributed by atoms with Gasteiger partial charge in [0, 0.05) is 0 Å². The summed E-state index contributed by atoms with van der Waals surface area (Å²) in [6, 6.07) is 0. The van der Waals surface area contributed by atoms with Crippen LogP contribution in [-0.4, -0.2) is 31.4 Å². The van der Waals surface area contributed by atoms with Crippen LogP contribution in [0.15, 0.2) is 6.33 Å². The second-order valence-electron chi connectivity index (χ2n) is 1.88. The first-order valence-electron chi connectivity index (χ1n) is 2.68. The zero-order chi connectivity index (χ0) is 6.69. The summed E-state index contributed by atoms with van der Waals surface area (Å²) < 4.78 is 1.48. The van der Waals surface area contributed by atoms with Crippen LogP contribution in [0.25, 0.3) is 0 Å². The van der Waals surface area contributed by atoms with Gasteiger partial charge in [-0.2, -0.15) is 0 Å². The maximum Gasteiger partial charge on any atom is 0.138 e. The molecule has 0 bridgehead atoms. The molecule has 0 amide bonds. The van der Waals surface area contributed by atoms with Crippen molar-refractivity contribution in [3.8, 4) is 0 Å². The van der Waals surface area contributed by atoms with Crippen molar-refractivity contribution < 1.29 is 5.11 Å². The number of rotatable bonds is 2. The van der Waals surface area contributed by atoms with E-state index in [-0.39, 0.29) is 0 Å². The fourth-order valence-corrected chi connectivity index (χ4v) is 0.535. The first kappa shape index (κ1) is 6.15. The van der Waals surface area contributed by atoms with Gasteiger partial charge in [0.2, 0.25) is 0 Å². The number of aliphatic hydroxyl groups excluding tert-OH is 1. The lowest BCUT2D eigenvalue weighted by Crippen LogP contribution is -2.11. The van der Waals surface area contributed by atoms with Crippen molar-refractivity contribution in [2.75, 3.05) is 0 Å². The first-order chi connectivity index (χ1) is 4.29. The largest absolute Gasteiger partial charge is 0.391 e. The maximum absolute atomic E-state index is 8.81. The summed E-state index contributed by atoms with van der Waals surface area (Å²) in [6.45, 7) is 2.13. The lowest BCUT2D eigenvalue weighted by atomic mass is 10.4. The summed E-state index contributed by atoms with van der Waals surface area (Å²) in [6.07, 6.45) is 1.07. The third kappa shape index (κ3) is 1.77. The second-order valence-corrected chi connectivity index (χ2v) is 1.88. The van der Waals surface area contributed by atoms with Crippen LogP contribution in [0.2, 0.25) is 0 Å². The molecule has 5 nitrogen and oxygen atoms in total. The summed E-state index contributed by atoms with van der Waals surface area (Å²) in [7, 11) is 0. The molecule has 50 valence electrons. The predicted molar refractivity (Wildman–Crippen MR) is 29.5 cm³/mol. The van der Waals surface area contributed by atoms with Gasteiger partial charge in [-0.1, -0.05) is 0 Å². The Morgan fingerprint density at radius 1 is 1.78 bits per heavy atom. The number of nitrogens with zero attached hydrogens (tertiary/aromatic N) is 4. The van der Waals surface area contributed by atoms with Gasteiger partial charge in [0.25, 0.3) is 0 Å². The summed E-state index contributed by atoms with van der Waals surface area (Å²) in [4.78, 5) is 0. The van der Waals surface area contributed by atoms with Crippen LogP contribution >= 0.6 is 0 Å². The van der Waals surface area contributed by atoms with Crippen LogP contribution in [0.5, 0.6) is 0 Å². The number of aromatic nitrogens is 4. The molecule has 9 heavy (non-hydrogen) atoms. The number of tetrazole rings is 1. The Hall–Kier alpha value is -0.970. The molecular weight excluding hydrogens is 120 g/mol. The van der Waals surface area contributed by atoms with Crippen molar-refractivity contribution in [3.63, 3.8) is 0 Å². The van der Waals surface area contributed by atoms with Gasteiger partial charge in [-0.25, -0.2) is 4.68 Å². The molecule has 0 saturated carbocycles. The minimum Gasteiger partial charge on any atom is -0.391 e. The molecule has 1 N–H and O–H groups in total. The Morgan fingerprint density at radius 3 is 3.00 bits per heavy atom. The normalized spacial score (nSPS) is 13.6. The molecule has 5 heteroatoms. The summed E-state index contributed by atoms with van der Waals surface area (Å²) >= 11 is 0. The molecule has 1 aromatic rings. The van der Waals surface area contributed by atoms with E-state index in [9.17, 15) is 0 Å². The number of hydrogen-bond acceptors (Lipinski definition) is 4. The van der Waals surface area contributed by atoms with E-state index in [1.165, 1.54) is 11.0 Å². The quantitative estimate of drug-likeness (QED) is 0.558. The van der Waals surface area contributed by atoms with E-state index in [4.69, 9.17) is 5.11 Å². The molecule has 0 aliphatic heterocycles. The smallest absolute Gasteiger partial charge is 0.138 e. The van der Waals surface area contributed by atoms with Gasteiger partial charge in [0.1, 0.15) is 6.33 Å². The lowest BCUT2D eigenvalue weighted by Gasteiger charge is -1.99. The van der Waals surface area contributed by atoms with Crippen molar-refractivity contribution in [2.24, 2.45) is 0 Å². The standard InChI is InChI=1S/C4H8N4O/c1-4(9)2-8-3-5-6-7-8/h3-4,9H,2H2,1H3/t4-/m0/s1. The van der Waals surface area contributed by atoms with E-state index in [0.29, 0.717) is 6.54 Å². The van der Waals surface area contributed by atoms with E-state index in [0.717, 1.165) is 0 Å². The minimum atomic E-state index is -0.395. The van der Waals surface area contributed by atoms with Crippen molar-refractivity contribution >= 4 is 0 Å². The van der Waals surface area contributed by atoms with E-state index < -0.39 is 6.10 Å². The fraction of sp³-hybridized carbons (Fsp3) is 0.750. The maximum atomic E-state index is 8.81. The molecular formula is C4H8N4O. The molecule has 0 aliphatic carbocycles. The van der Waals surface area contributed by atoms with E-state index in [1.54, 1.807) is 6.92 Å². The Morgan fingerprint density at radius 2 is 2.56 bits per heavy atom. The molecule has 0 spiro atoms. The van der Waals surface area contributed by atoms with E-state index in [2.05, 4.69) is 15.5 Å². The van der Waals surface area contributed by atoms with Crippen molar-refractivity contribution in [2.45, 2.75) is 19.6 Å². The number of hydrogen-bond donors (Lipinski definition) is 1. The molecule has 1 heterocycles. The van der Waals surface area contributed by atoms with Crippen LogP contribution < -0.4 is 0 Å². The highest BCUT2D eigenvalue weighted by molar-refractivity contribution is 4.50. The Balaban J connectivity index is 2.48. The van der Waals surface area contributed by atoms with Gasteiger partial charge in [0.05, 0.1) is 12.6 Å². The molecule has 0 saturated heterocycles. The monoisotopic (exact) mass is 128 g/mol. The molecule has 1 rings (SSSR count). The Labute approximate surface area is 52.3 Å². The molecule has 1 atom stereocenters. The molecule has 0 aliphatic rings. The SMILES string of the molecule is C[C@H](O)Cn1cnnn1. The second kappa shape index (κ2) is 2.54. The van der Waals surface area contributed by atoms with Crippen LogP contribution in [0, 0.1) is 0 Å². The summed E-state index contributed by atoms with van der Waals surface area (Å²) in [5.74, 6) is 0. The average molecular weight is 128 g/mol. The van der Waals surface area contributed by atoms with Crippen molar-refractivity contribution in [3.05, 3.63) is 6.33 Å². The van der Waals surface area contributed by atoms with Gasteiger partial charge in [-0.15, -0.1) is 5.10 Å². The highest BCUT2D eigenvalue weighted by Gasteiger charge is 1.96. The third-order valence-electron chi connectivity index (χ3n) is 0.843. The fourth-order valence-electron chi connectivity index (χ4n) is 0.535. The zero-order valence-corrected chi connectivity index (χ0v) is 5.10. The van der Waals surface area contributed by atoms with E-state index in [1.807, 2.05) is 0 Å². The van der Waals surface area contributed by atoms with Crippen LogP contribution in [0.4, 0.5) is 0 Å². The highest BCUT2D eigenvalue weighted by Crippen LogP contribution is 1.83. The van der Waals surface area contributed by atoms with Crippen molar-refractivity contribution in [1.82, 2.24) is 20.2 Å². The molecule has 0 radical (unpaired) electrons. The minimum absolute atomic E-state index is 0.395. The number of aliphatic hydroxyl groups is 1. The lowest BCUT2D eigenvalue weighted by molar-refractivity contribution is 0.167. The molecule has 0 aromatic carbocycles. The Kier molecular flexibility index (Phi) is 1.74.